The fraction of sp³-hybridized carbons (Fsp3) is 0.391. The van der Waals surface area contributed by atoms with Crippen LogP contribution in [0.4, 0.5) is 10.5 Å². The van der Waals surface area contributed by atoms with E-state index in [0.29, 0.717) is 28.9 Å². The van der Waals surface area contributed by atoms with E-state index in [1.54, 1.807) is 36.4 Å². The summed E-state index contributed by atoms with van der Waals surface area (Å²) in [4.78, 5) is 23.9. The molecule has 0 saturated carbocycles. The monoisotopic (exact) mass is 489 g/mol. The fourth-order valence-electron chi connectivity index (χ4n) is 3.99. The highest BCUT2D eigenvalue weighted by molar-refractivity contribution is 8.00. The maximum Gasteiger partial charge on any atom is 0.315 e. The first-order chi connectivity index (χ1) is 15.8. The number of sulfone groups is 1. The molecule has 3 N–H and O–H groups in total. The third kappa shape index (κ3) is 6.20. The van der Waals surface area contributed by atoms with Gasteiger partial charge in [-0.3, -0.25) is 4.79 Å². The number of carbonyl (C=O) groups excluding carboxylic acids is 2. The minimum absolute atomic E-state index is 0.0344. The summed E-state index contributed by atoms with van der Waals surface area (Å²) in [7, 11) is -3.24. The van der Waals surface area contributed by atoms with Crippen LogP contribution in [-0.4, -0.2) is 49.7 Å². The summed E-state index contributed by atoms with van der Waals surface area (Å²) in [6.07, 6.45) is 4.33. The second-order valence-electron chi connectivity index (χ2n) is 8.29. The number of nitrogens with one attached hydrogen (secondary N) is 3. The number of ether oxygens (including phenoxy) is 1. The largest absolute Gasteiger partial charge is 0.457 e. The minimum Gasteiger partial charge on any atom is -0.457 e. The number of carbonyl (C=O) groups is 2. The van der Waals surface area contributed by atoms with Gasteiger partial charge < -0.3 is 20.7 Å². The molecule has 2 aromatic rings. The number of hydrogen-bond acceptors (Lipinski definition) is 6. The molecule has 0 unspecified atom stereocenters. The molecule has 0 bridgehead atoms. The zero-order chi connectivity index (χ0) is 23.4. The molecule has 0 spiro atoms. The van der Waals surface area contributed by atoms with Crippen LogP contribution in [-0.2, 0) is 14.6 Å². The van der Waals surface area contributed by atoms with Gasteiger partial charge in [0.2, 0.25) is 5.91 Å². The van der Waals surface area contributed by atoms with Gasteiger partial charge in [0.1, 0.15) is 11.5 Å². The van der Waals surface area contributed by atoms with Crippen molar-refractivity contribution in [1.29, 1.82) is 0 Å². The van der Waals surface area contributed by atoms with Crippen LogP contribution < -0.4 is 20.7 Å². The van der Waals surface area contributed by atoms with E-state index >= 15 is 0 Å². The van der Waals surface area contributed by atoms with E-state index in [9.17, 15) is 18.0 Å². The smallest absolute Gasteiger partial charge is 0.315 e. The van der Waals surface area contributed by atoms with E-state index in [1.165, 1.54) is 12.1 Å². The van der Waals surface area contributed by atoms with Crippen LogP contribution in [0.15, 0.2) is 53.4 Å². The third-order valence-electron chi connectivity index (χ3n) is 5.71. The van der Waals surface area contributed by atoms with Crippen LogP contribution in [0.5, 0.6) is 11.5 Å². The number of rotatable bonds is 9. The zero-order valence-electron chi connectivity index (χ0n) is 18.2. The SMILES string of the molecule is CS(=O)(=O)c1ccc(Oc2ccc(NC(=O)CCCC[C@@H]3SC[C@@H]4NC(=O)N[C@H]43)cc2)cc1. The topological polar surface area (TPSA) is 114 Å². The normalized spacial score (nSPS) is 21.7. The van der Waals surface area contributed by atoms with Crippen molar-refractivity contribution in [3.63, 3.8) is 0 Å². The maximum atomic E-state index is 12.3. The first kappa shape index (κ1) is 23.4. The fourth-order valence-corrected chi connectivity index (χ4v) is 6.17. The standard InChI is InChI=1S/C23H27N3O5S2/c1-33(29,30)18-12-10-17(11-13-18)31-16-8-6-15(7-9-16)24-21(27)5-3-2-4-20-22-19(14-32-20)25-23(28)26-22/h6-13,19-20,22H,2-5,14H2,1H3,(H,24,27)(H2,25,26,28)/t19-,20-,22+/m0/s1. The molecule has 0 aromatic heterocycles. The molecule has 33 heavy (non-hydrogen) atoms. The summed E-state index contributed by atoms with van der Waals surface area (Å²) in [5.74, 6) is 2.02. The molecule has 2 aliphatic heterocycles. The summed E-state index contributed by atoms with van der Waals surface area (Å²) in [6, 6.07) is 13.6. The van der Waals surface area contributed by atoms with Gasteiger partial charge in [-0.1, -0.05) is 6.42 Å². The Bertz CT molecular complexity index is 1100. The van der Waals surface area contributed by atoms with E-state index in [2.05, 4.69) is 16.0 Å². The summed E-state index contributed by atoms with van der Waals surface area (Å²) in [5, 5.41) is 9.24. The number of thioether (sulfide) groups is 1. The van der Waals surface area contributed by atoms with Crippen molar-refractivity contribution < 1.29 is 22.7 Å². The highest BCUT2D eigenvalue weighted by Gasteiger charge is 2.42. The molecule has 3 atom stereocenters. The molecule has 3 amide bonds. The van der Waals surface area contributed by atoms with Crippen molar-refractivity contribution in [2.75, 3.05) is 17.3 Å². The van der Waals surface area contributed by atoms with Gasteiger partial charge in [-0.25, -0.2) is 13.2 Å². The molecule has 2 fully saturated rings. The molecule has 0 radical (unpaired) electrons. The van der Waals surface area contributed by atoms with E-state index in [-0.39, 0.29) is 28.9 Å². The molecule has 2 heterocycles. The van der Waals surface area contributed by atoms with E-state index < -0.39 is 9.84 Å². The second-order valence-corrected chi connectivity index (χ2v) is 11.6. The first-order valence-electron chi connectivity index (χ1n) is 10.8. The molecule has 2 saturated heterocycles. The van der Waals surface area contributed by atoms with E-state index in [0.717, 1.165) is 31.3 Å². The maximum absolute atomic E-state index is 12.3. The quantitative estimate of drug-likeness (QED) is 0.367. The third-order valence-corrected chi connectivity index (χ3v) is 8.34. The van der Waals surface area contributed by atoms with Gasteiger partial charge in [-0.2, -0.15) is 11.8 Å². The van der Waals surface area contributed by atoms with Crippen LogP contribution in [0.3, 0.4) is 0 Å². The van der Waals surface area contributed by atoms with Crippen LogP contribution in [0.1, 0.15) is 25.7 Å². The van der Waals surface area contributed by atoms with E-state index in [1.807, 2.05) is 11.8 Å². The molecule has 8 nitrogen and oxygen atoms in total. The predicted molar refractivity (Wildman–Crippen MR) is 129 cm³/mol. The summed E-state index contributed by atoms with van der Waals surface area (Å²) in [5.41, 5.74) is 0.689. The molecular formula is C23H27N3O5S2. The Morgan fingerprint density at radius 2 is 1.73 bits per heavy atom. The summed E-state index contributed by atoms with van der Waals surface area (Å²) in [6.45, 7) is 0. The first-order valence-corrected chi connectivity index (χ1v) is 13.8. The Morgan fingerprint density at radius 3 is 2.39 bits per heavy atom. The van der Waals surface area contributed by atoms with Crippen molar-refractivity contribution in [2.24, 2.45) is 0 Å². The summed E-state index contributed by atoms with van der Waals surface area (Å²) >= 11 is 1.88. The van der Waals surface area contributed by atoms with Gasteiger partial charge in [0.05, 0.1) is 17.0 Å². The predicted octanol–water partition coefficient (Wildman–Crippen LogP) is 3.55. The van der Waals surface area contributed by atoms with E-state index in [4.69, 9.17) is 4.74 Å². The van der Waals surface area contributed by atoms with Crippen molar-refractivity contribution in [3.8, 4) is 11.5 Å². The van der Waals surface area contributed by atoms with Crippen LogP contribution in [0.2, 0.25) is 0 Å². The lowest BCUT2D eigenvalue weighted by atomic mass is 10.0. The molecule has 0 aliphatic carbocycles. The van der Waals surface area contributed by atoms with Crippen molar-refractivity contribution in [1.82, 2.24) is 10.6 Å². The van der Waals surface area contributed by atoms with Gasteiger partial charge in [-0.05, 0) is 61.4 Å². The minimum atomic E-state index is -3.24. The van der Waals surface area contributed by atoms with Crippen molar-refractivity contribution in [3.05, 3.63) is 48.5 Å². The van der Waals surface area contributed by atoms with Gasteiger partial charge in [0, 0.05) is 29.4 Å². The number of urea groups is 1. The van der Waals surface area contributed by atoms with Gasteiger partial charge in [0.15, 0.2) is 9.84 Å². The Kier molecular flexibility index (Phi) is 7.14. The van der Waals surface area contributed by atoms with Crippen molar-refractivity contribution in [2.45, 2.75) is 47.9 Å². The molecule has 2 aliphatic rings. The average Bonchev–Trinajstić information content (AvgIpc) is 3.32. The number of anilines is 1. The highest BCUT2D eigenvalue weighted by atomic mass is 32.2. The Morgan fingerprint density at radius 1 is 1.06 bits per heavy atom. The number of unbranched alkanes of at least 4 members (excludes halogenated alkanes) is 1. The van der Waals surface area contributed by atoms with Crippen LogP contribution in [0, 0.1) is 0 Å². The van der Waals surface area contributed by atoms with Crippen molar-refractivity contribution >= 4 is 39.2 Å². The Hall–Kier alpha value is -2.72. The van der Waals surface area contributed by atoms with Crippen LogP contribution in [0.25, 0.3) is 0 Å². The number of fused-ring (bicyclic) bond motifs is 1. The second kappa shape index (κ2) is 10.0. The Labute approximate surface area is 197 Å². The molecule has 4 rings (SSSR count). The number of amides is 3. The highest BCUT2D eigenvalue weighted by Crippen LogP contribution is 2.33. The average molecular weight is 490 g/mol. The Balaban J connectivity index is 1.18. The van der Waals surface area contributed by atoms with Gasteiger partial charge in [-0.15, -0.1) is 0 Å². The lowest BCUT2D eigenvalue weighted by Crippen LogP contribution is -2.36. The lowest BCUT2D eigenvalue weighted by molar-refractivity contribution is -0.116. The molecule has 176 valence electrons. The zero-order valence-corrected chi connectivity index (χ0v) is 19.9. The number of hydrogen-bond donors (Lipinski definition) is 3. The molecular weight excluding hydrogens is 462 g/mol. The number of benzene rings is 2. The molecule has 10 heteroatoms. The van der Waals surface area contributed by atoms with Gasteiger partial charge in [0.25, 0.3) is 0 Å². The molecule has 2 aromatic carbocycles. The lowest BCUT2D eigenvalue weighted by Gasteiger charge is -2.16. The van der Waals surface area contributed by atoms with Gasteiger partial charge >= 0.3 is 6.03 Å². The van der Waals surface area contributed by atoms with Crippen LogP contribution >= 0.6 is 11.8 Å². The summed E-state index contributed by atoms with van der Waals surface area (Å²) < 4.78 is 28.8.